The lowest BCUT2D eigenvalue weighted by atomic mass is 10.2. The summed E-state index contributed by atoms with van der Waals surface area (Å²) in [6, 6.07) is 9.53. The monoisotopic (exact) mass is 264 g/mol. The summed E-state index contributed by atoms with van der Waals surface area (Å²) in [6.07, 6.45) is 0.422. The van der Waals surface area contributed by atoms with Crippen LogP contribution in [0.2, 0.25) is 0 Å². The van der Waals surface area contributed by atoms with Crippen molar-refractivity contribution in [2.75, 3.05) is 0 Å². The van der Waals surface area contributed by atoms with Gasteiger partial charge in [-0.15, -0.1) is 0 Å². The molecule has 0 radical (unpaired) electrons. The van der Waals surface area contributed by atoms with Crippen LogP contribution in [0.1, 0.15) is 20.3 Å². The van der Waals surface area contributed by atoms with Crippen molar-refractivity contribution in [3.63, 3.8) is 0 Å². The van der Waals surface area contributed by atoms with Gasteiger partial charge < -0.3 is 5.32 Å². The third kappa shape index (κ3) is 2.85. The topological polar surface area (TPSA) is 49.4 Å². The van der Waals surface area contributed by atoms with Gasteiger partial charge in [0.1, 0.15) is 5.37 Å². The predicted octanol–water partition coefficient (Wildman–Crippen LogP) is 2.46. The zero-order valence-corrected chi connectivity index (χ0v) is 11.2. The van der Waals surface area contributed by atoms with E-state index in [1.54, 1.807) is 11.8 Å². The molecule has 1 unspecified atom stereocenters. The van der Waals surface area contributed by atoms with Crippen molar-refractivity contribution in [2.45, 2.75) is 36.6 Å². The molecule has 18 heavy (non-hydrogen) atoms. The highest BCUT2D eigenvalue weighted by molar-refractivity contribution is 8.00. The van der Waals surface area contributed by atoms with Crippen LogP contribution in [0, 0.1) is 0 Å². The number of hydrogen-bond acceptors (Lipinski definition) is 3. The molecule has 0 aromatic heterocycles. The van der Waals surface area contributed by atoms with Gasteiger partial charge in [0.05, 0.1) is 6.42 Å². The Morgan fingerprint density at radius 1 is 1.39 bits per heavy atom. The van der Waals surface area contributed by atoms with Crippen LogP contribution in [0.25, 0.3) is 0 Å². The molecule has 1 atom stereocenters. The van der Waals surface area contributed by atoms with E-state index in [2.05, 4.69) is 5.32 Å². The molecule has 0 bridgehead atoms. The number of nitrogens with zero attached hydrogens (tertiary/aromatic N) is 1. The minimum atomic E-state index is -0.297. The fourth-order valence-electron chi connectivity index (χ4n) is 1.70. The van der Waals surface area contributed by atoms with Crippen molar-refractivity contribution >= 4 is 23.7 Å². The Morgan fingerprint density at radius 2 is 2.06 bits per heavy atom. The van der Waals surface area contributed by atoms with E-state index in [0.717, 1.165) is 4.90 Å². The van der Waals surface area contributed by atoms with Gasteiger partial charge in [0.15, 0.2) is 0 Å². The molecule has 0 aliphatic carbocycles. The van der Waals surface area contributed by atoms with E-state index in [4.69, 9.17) is 0 Å². The summed E-state index contributed by atoms with van der Waals surface area (Å²) in [5.41, 5.74) is 0. The Morgan fingerprint density at radius 3 is 2.61 bits per heavy atom. The summed E-state index contributed by atoms with van der Waals surface area (Å²) in [5.74, 6) is -0.110. The van der Waals surface area contributed by atoms with Gasteiger partial charge in [-0.05, 0) is 26.0 Å². The SMILES string of the molecule is CC(C)NC(=O)N1C(=O)CC1Sc1ccccc1. The number of β-lactam (4-membered cyclic amide) rings is 1. The minimum absolute atomic E-state index is 0.0354. The number of carbonyl (C=O) groups excluding carboxylic acids is 2. The number of urea groups is 1. The Kier molecular flexibility index (Phi) is 3.91. The zero-order chi connectivity index (χ0) is 13.1. The molecule has 1 aliphatic rings. The number of nitrogens with one attached hydrogen (secondary N) is 1. The minimum Gasteiger partial charge on any atom is -0.335 e. The average molecular weight is 264 g/mol. The first-order valence-corrected chi connectivity index (χ1v) is 6.80. The summed E-state index contributed by atoms with van der Waals surface area (Å²) in [7, 11) is 0. The largest absolute Gasteiger partial charge is 0.335 e. The highest BCUT2D eigenvalue weighted by Gasteiger charge is 2.41. The molecule has 0 spiro atoms. The van der Waals surface area contributed by atoms with Crippen LogP contribution in [0.4, 0.5) is 4.79 Å². The molecule has 1 fully saturated rings. The normalized spacial score (nSPS) is 18.7. The zero-order valence-electron chi connectivity index (χ0n) is 10.4. The van der Waals surface area contributed by atoms with E-state index < -0.39 is 0 Å². The van der Waals surface area contributed by atoms with E-state index >= 15 is 0 Å². The van der Waals surface area contributed by atoms with E-state index in [0.29, 0.717) is 6.42 Å². The quantitative estimate of drug-likeness (QED) is 0.853. The van der Waals surface area contributed by atoms with Gasteiger partial charge in [-0.3, -0.25) is 9.69 Å². The average Bonchev–Trinajstić information content (AvgIpc) is 2.28. The van der Waals surface area contributed by atoms with Gasteiger partial charge in [0, 0.05) is 10.9 Å². The number of hydrogen-bond donors (Lipinski definition) is 1. The molecule has 1 aromatic rings. The Balaban J connectivity index is 1.98. The van der Waals surface area contributed by atoms with Gasteiger partial charge in [0.2, 0.25) is 5.91 Å². The number of amides is 3. The van der Waals surface area contributed by atoms with Gasteiger partial charge in [-0.2, -0.15) is 0 Å². The second kappa shape index (κ2) is 5.44. The molecule has 5 heteroatoms. The maximum Gasteiger partial charge on any atom is 0.325 e. The molecule has 2 rings (SSSR count). The second-order valence-corrected chi connectivity index (χ2v) is 5.71. The lowest BCUT2D eigenvalue weighted by Gasteiger charge is -2.38. The number of benzene rings is 1. The first kappa shape index (κ1) is 13.0. The fourth-order valence-corrected chi connectivity index (χ4v) is 2.87. The standard InChI is InChI=1S/C13H16N2O2S/c1-9(2)14-13(17)15-11(16)8-12(15)18-10-6-4-3-5-7-10/h3-7,9,12H,8H2,1-2H3,(H,14,17). The summed E-state index contributed by atoms with van der Waals surface area (Å²) in [5, 5.41) is 2.66. The highest BCUT2D eigenvalue weighted by Crippen LogP contribution is 2.34. The van der Waals surface area contributed by atoms with Crippen LogP contribution in [0.3, 0.4) is 0 Å². The van der Waals surface area contributed by atoms with Gasteiger partial charge in [-0.25, -0.2) is 4.79 Å². The number of carbonyl (C=O) groups is 2. The first-order chi connectivity index (χ1) is 8.58. The van der Waals surface area contributed by atoms with Crippen LogP contribution in [-0.4, -0.2) is 28.3 Å². The number of imide groups is 1. The molecule has 1 aromatic carbocycles. The van der Waals surface area contributed by atoms with E-state index in [9.17, 15) is 9.59 Å². The lowest BCUT2D eigenvalue weighted by molar-refractivity contribution is -0.137. The van der Waals surface area contributed by atoms with E-state index in [1.807, 2.05) is 44.2 Å². The second-order valence-electron chi connectivity index (χ2n) is 4.46. The van der Waals surface area contributed by atoms with Gasteiger partial charge in [-0.1, -0.05) is 30.0 Å². The summed E-state index contributed by atoms with van der Waals surface area (Å²) in [4.78, 5) is 25.7. The predicted molar refractivity (Wildman–Crippen MR) is 71.2 cm³/mol. The number of rotatable bonds is 3. The van der Waals surface area contributed by atoms with Crippen molar-refractivity contribution in [3.05, 3.63) is 30.3 Å². The van der Waals surface area contributed by atoms with Crippen LogP contribution in [-0.2, 0) is 4.79 Å². The Bertz CT molecular complexity index is 448. The molecular formula is C13H16N2O2S. The first-order valence-electron chi connectivity index (χ1n) is 5.92. The molecule has 1 heterocycles. The van der Waals surface area contributed by atoms with Crippen LogP contribution in [0.15, 0.2) is 35.2 Å². The third-order valence-corrected chi connectivity index (χ3v) is 3.75. The highest BCUT2D eigenvalue weighted by atomic mass is 32.2. The maximum absolute atomic E-state index is 11.8. The smallest absolute Gasteiger partial charge is 0.325 e. The molecule has 1 aliphatic heterocycles. The molecule has 1 saturated heterocycles. The van der Waals surface area contributed by atoms with E-state index in [1.165, 1.54) is 4.90 Å². The van der Waals surface area contributed by atoms with Crippen LogP contribution in [0.5, 0.6) is 0 Å². The van der Waals surface area contributed by atoms with Crippen molar-refractivity contribution < 1.29 is 9.59 Å². The van der Waals surface area contributed by atoms with Gasteiger partial charge >= 0.3 is 6.03 Å². The number of likely N-dealkylation sites (tertiary alicyclic amines) is 1. The molecule has 4 nitrogen and oxygen atoms in total. The Labute approximate surface area is 111 Å². The summed E-state index contributed by atoms with van der Waals surface area (Å²) in [6.45, 7) is 3.75. The van der Waals surface area contributed by atoms with Crippen molar-refractivity contribution in [1.82, 2.24) is 10.2 Å². The van der Waals surface area contributed by atoms with Crippen LogP contribution < -0.4 is 5.32 Å². The molecular weight excluding hydrogens is 248 g/mol. The Hall–Kier alpha value is -1.49. The molecule has 96 valence electrons. The van der Waals surface area contributed by atoms with Crippen molar-refractivity contribution in [1.29, 1.82) is 0 Å². The molecule has 1 N–H and O–H groups in total. The molecule has 0 saturated carbocycles. The summed E-state index contributed by atoms with van der Waals surface area (Å²) >= 11 is 1.54. The lowest BCUT2D eigenvalue weighted by Crippen LogP contribution is -2.58. The molecule has 3 amide bonds. The maximum atomic E-state index is 11.8. The van der Waals surface area contributed by atoms with Crippen molar-refractivity contribution in [2.24, 2.45) is 0 Å². The number of thioether (sulfide) groups is 1. The van der Waals surface area contributed by atoms with Crippen molar-refractivity contribution in [3.8, 4) is 0 Å². The fraction of sp³-hybridized carbons (Fsp3) is 0.385. The van der Waals surface area contributed by atoms with Gasteiger partial charge in [0.25, 0.3) is 0 Å². The summed E-state index contributed by atoms with van der Waals surface area (Å²) < 4.78 is 0. The van der Waals surface area contributed by atoms with E-state index in [-0.39, 0.29) is 23.4 Å². The third-order valence-electron chi connectivity index (χ3n) is 2.55. The van der Waals surface area contributed by atoms with Crippen LogP contribution >= 0.6 is 11.8 Å².